The molecule has 7 nitrogen and oxygen atoms in total. The van der Waals surface area contributed by atoms with Crippen LogP contribution < -0.4 is 5.73 Å². The summed E-state index contributed by atoms with van der Waals surface area (Å²) >= 11 is 0. The van der Waals surface area contributed by atoms with E-state index in [9.17, 15) is 22.4 Å². The summed E-state index contributed by atoms with van der Waals surface area (Å²) in [7, 11) is -3.54. The number of halogens is 1. The Morgan fingerprint density at radius 2 is 2.00 bits per heavy atom. The summed E-state index contributed by atoms with van der Waals surface area (Å²) in [5.41, 5.74) is 6.58. The minimum absolute atomic E-state index is 0.109. The van der Waals surface area contributed by atoms with E-state index in [1.807, 2.05) is 0 Å². The molecule has 0 aliphatic carbocycles. The largest absolute Gasteiger partial charge is 0.472 e. The van der Waals surface area contributed by atoms with Crippen LogP contribution >= 0.6 is 0 Å². The molecule has 9 heteroatoms. The van der Waals surface area contributed by atoms with Crippen molar-refractivity contribution in [3.8, 4) is 11.1 Å². The zero-order valence-corrected chi connectivity index (χ0v) is 15.0. The Hall–Kier alpha value is -2.68. The van der Waals surface area contributed by atoms with Gasteiger partial charge in [-0.25, -0.2) is 12.8 Å². The number of carbonyl (C=O) groups is 2. The van der Waals surface area contributed by atoms with Crippen molar-refractivity contribution in [1.29, 1.82) is 0 Å². The van der Waals surface area contributed by atoms with Gasteiger partial charge in [0.05, 0.1) is 29.8 Å². The summed E-state index contributed by atoms with van der Waals surface area (Å²) in [4.78, 5) is 25.9. The third-order valence-corrected chi connectivity index (χ3v) is 8.08. The highest BCUT2D eigenvalue weighted by atomic mass is 32.2. The smallest absolute Gasteiger partial charge is 0.254 e. The summed E-state index contributed by atoms with van der Waals surface area (Å²) in [5.74, 6) is -2.69. The van der Waals surface area contributed by atoms with Gasteiger partial charge < -0.3 is 15.1 Å². The van der Waals surface area contributed by atoms with Crippen LogP contribution in [-0.2, 0) is 14.6 Å². The molecule has 1 aromatic carbocycles. The van der Waals surface area contributed by atoms with E-state index in [1.165, 1.54) is 29.6 Å². The number of hydrogen-bond donors (Lipinski definition) is 1. The summed E-state index contributed by atoms with van der Waals surface area (Å²) in [6, 6.07) is 5.47. The van der Waals surface area contributed by atoms with Crippen molar-refractivity contribution < 1.29 is 26.8 Å². The maximum Gasteiger partial charge on any atom is 0.254 e. The fourth-order valence-corrected chi connectivity index (χ4v) is 6.38. The molecule has 2 aliphatic heterocycles. The lowest BCUT2D eigenvalue weighted by Crippen LogP contribution is -2.69. The van der Waals surface area contributed by atoms with Gasteiger partial charge in [0, 0.05) is 18.7 Å². The van der Waals surface area contributed by atoms with Crippen LogP contribution in [0.4, 0.5) is 4.39 Å². The maximum atomic E-state index is 13.8. The Morgan fingerprint density at radius 1 is 1.26 bits per heavy atom. The summed E-state index contributed by atoms with van der Waals surface area (Å²) in [6.07, 6.45) is 3.04. The zero-order valence-electron chi connectivity index (χ0n) is 14.2. The molecule has 3 heterocycles. The van der Waals surface area contributed by atoms with E-state index in [1.54, 1.807) is 6.07 Å². The number of benzene rings is 1. The van der Waals surface area contributed by atoms with Crippen molar-refractivity contribution in [2.24, 2.45) is 11.7 Å². The third-order valence-electron chi connectivity index (χ3n) is 5.52. The predicted molar refractivity (Wildman–Crippen MR) is 93.8 cm³/mol. The molecule has 2 N–H and O–H groups in total. The van der Waals surface area contributed by atoms with Crippen LogP contribution in [-0.4, -0.2) is 48.7 Å². The van der Waals surface area contributed by atoms with Crippen molar-refractivity contribution in [1.82, 2.24) is 4.90 Å². The van der Waals surface area contributed by atoms with Gasteiger partial charge in [-0.2, -0.15) is 0 Å². The number of likely N-dealkylation sites (tertiary alicyclic amines) is 1. The van der Waals surface area contributed by atoms with E-state index in [0.717, 1.165) is 6.07 Å². The Kier molecular flexibility index (Phi) is 3.88. The standard InChI is InChI=1S/C18H17FN2O5S/c19-12-1-2-13(11-3-5-26-8-11)14(7-12)17(23)21-9-18(10-21)15(16(20)22)4-6-27(18,24)25/h1-3,5,7-8,15H,4,6,9-10H2,(H2,20,22). The normalized spacial score (nSPS) is 22.6. The van der Waals surface area contributed by atoms with Crippen molar-refractivity contribution in [2.75, 3.05) is 18.8 Å². The second-order valence-electron chi connectivity index (χ2n) is 6.99. The molecular formula is C18H17FN2O5S. The molecule has 1 spiro atoms. The highest BCUT2D eigenvalue weighted by Gasteiger charge is 2.64. The van der Waals surface area contributed by atoms with Crippen LogP contribution in [0.2, 0.25) is 0 Å². The monoisotopic (exact) mass is 392 g/mol. The van der Waals surface area contributed by atoms with Gasteiger partial charge in [0.2, 0.25) is 5.91 Å². The van der Waals surface area contributed by atoms with Gasteiger partial charge in [-0.3, -0.25) is 9.59 Å². The van der Waals surface area contributed by atoms with E-state index in [0.29, 0.717) is 11.1 Å². The van der Waals surface area contributed by atoms with Gasteiger partial charge in [0.15, 0.2) is 9.84 Å². The molecule has 1 unspecified atom stereocenters. The van der Waals surface area contributed by atoms with E-state index >= 15 is 0 Å². The number of furan rings is 1. The minimum Gasteiger partial charge on any atom is -0.472 e. The van der Waals surface area contributed by atoms with Gasteiger partial charge in [-0.15, -0.1) is 0 Å². The predicted octanol–water partition coefficient (Wildman–Crippen LogP) is 1.20. The minimum atomic E-state index is -3.54. The van der Waals surface area contributed by atoms with Crippen LogP contribution in [0.3, 0.4) is 0 Å². The number of carbonyl (C=O) groups excluding carboxylic acids is 2. The Balaban J connectivity index is 1.65. The second kappa shape index (κ2) is 5.91. The molecule has 4 rings (SSSR count). The van der Waals surface area contributed by atoms with Gasteiger partial charge in [0.1, 0.15) is 10.6 Å². The topological polar surface area (TPSA) is 111 Å². The molecule has 0 bridgehead atoms. The molecule has 1 atom stereocenters. The van der Waals surface area contributed by atoms with Crippen molar-refractivity contribution in [3.05, 3.63) is 48.2 Å². The third kappa shape index (κ3) is 2.56. The van der Waals surface area contributed by atoms with E-state index in [-0.39, 0.29) is 30.8 Å². The van der Waals surface area contributed by atoms with Gasteiger partial charge >= 0.3 is 0 Å². The van der Waals surface area contributed by atoms with Crippen LogP contribution in [0.25, 0.3) is 11.1 Å². The molecule has 2 aliphatic rings. The molecule has 2 fully saturated rings. The molecule has 27 heavy (non-hydrogen) atoms. The number of nitrogens with two attached hydrogens (primary N) is 1. The van der Waals surface area contributed by atoms with Crippen LogP contribution in [0, 0.1) is 11.7 Å². The Morgan fingerprint density at radius 3 is 2.63 bits per heavy atom. The lowest BCUT2D eigenvalue weighted by Gasteiger charge is -2.49. The number of sulfone groups is 1. The number of primary amides is 1. The van der Waals surface area contributed by atoms with Crippen LogP contribution in [0.15, 0.2) is 41.2 Å². The quantitative estimate of drug-likeness (QED) is 0.844. The number of amides is 2. The van der Waals surface area contributed by atoms with Gasteiger partial charge in [-0.1, -0.05) is 6.07 Å². The molecule has 0 radical (unpaired) electrons. The first kappa shape index (κ1) is 17.7. The molecule has 2 amide bonds. The second-order valence-corrected chi connectivity index (χ2v) is 9.44. The highest BCUT2D eigenvalue weighted by Crippen LogP contribution is 2.45. The first-order valence-electron chi connectivity index (χ1n) is 8.38. The SMILES string of the molecule is NC(=O)C1CCS(=O)(=O)C12CN(C(=O)c1cc(F)ccc1-c1ccoc1)C2. The maximum absolute atomic E-state index is 13.8. The van der Waals surface area contributed by atoms with E-state index < -0.39 is 38.1 Å². The highest BCUT2D eigenvalue weighted by molar-refractivity contribution is 7.93. The van der Waals surface area contributed by atoms with E-state index in [2.05, 4.69) is 0 Å². The Bertz CT molecular complexity index is 1030. The summed E-state index contributed by atoms with van der Waals surface area (Å²) in [5, 5.41) is 0. The van der Waals surface area contributed by atoms with Crippen molar-refractivity contribution >= 4 is 21.7 Å². The number of hydrogen-bond acceptors (Lipinski definition) is 5. The molecule has 2 saturated heterocycles. The molecule has 142 valence electrons. The first-order chi connectivity index (χ1) is 12.7. The molecule has 2 aromatic rings. The fourth-order valence-electron chi connectivity index (χ4n) is 4.05. The Labute approximate surface area is 154 Å². The lowest BCUT2D eigenvalue weighted by atomic mass is 9.82. The average Bonchev–Trinajstić information content (AvgIpc) is 3.18. The average molecular weight is 392 g/mol. The summed E-state index contributed by atoms with van der Waals surface area (Å²) in [6.45, 7) is -0.244. The van der Waals surface area contributed by atoms with Gasteiger partial charge in [-0.05, 0) is 30.2 Å². The van der Waals surface area contributed by atoms with Crippen molar-refractivity contribution in [3.63, 3.8) is 0 Å². The first-order valence-corrected chi connectivity index (χ1v) is 10.0. The summed E-state index contributed by atoms with van der Waals surface area (Å²) < 4.78 is 42.4. The number of rotatable bonds is 3. The molecule has 0 saturated carbocycles. The van der Waals surface area contributed by atoms with E-state index in [4.69, 9.17) is 10.2 Å². The molecule has 1 aromatic heterocycles. The lowest BCUT2D eigenvalue weighted by molar-refractivity contribution is -0.124. The van der Waals surface area contributed by atoms with Crippen molar-refractivity contribution in [2.45, 2.75) is 11.2 Å². The van der Waals surface area contributed by atoms with Crippen LogP contribution in [0.5, 0.6) is 0 Å². The van der Waals surface area contributed by atoms with Crippen LogP contribution in [0.1, 0.15) is 16.8 Å². The number of nitrogens with zero attached hydrogens (tertiary/aromatic N) is 1. The zero-order chi connectivity index (χ0) is 19.4. The molecular weight excluding hydrogens is 375 g/mol. The fraction of sp³-hybridized carbons (Fsp3) is 0.333. The van der Waals surface area contributed by atoms with Gasteiger partial charge in [0.25, 0.3) is 5.91 Å².